The molecule has 106 valence electrons. The number of anilines is 1. The van der Waals surface area contributed by atoms with E-state index in [-0.39, 0.29) is 18.8 Å². The smallest absolute Gasteiger partial charge is 0.277 e. The molecule has 1 aliphatic heterocycles. The number of β-amino-alcohol motifs (C(OH)–C–C–N with tert-alkyl or cyclic N) is 1. The maximum absolute atomic E-state index is 12.0. The van der Waals surface area contributed by atoms with Crippen molar-refractivity contribution in [1.82, 2.24) is 4.90 Å². The van der Waals surface area contributed by atoms with Crippen LogP contribution in [0.1, 0.15) is 0 Å². The normalized spacial score (nSPS) is 14.6. The van der Waals surface area contributed by atoms with Crippen LogP contribution in [0.15, 0.2) is 30.0 Å². The first-order valence-electron chi connectivity index (χ1n) is 5.85. The zero-order valence-corrected chi connectivity index (χ0v) is 11.5. The number of hydrogen-bond acceptors (Lipinski definition) is 5. The molecule has 2 amide bonds. The molecule has 7 heteroatoms. The van der Waals surface area contributed by atoms with Gasteiger partial charge in [0.15, 0.2) is 0 Å². The number of halogens is 1. The zero-order chi connectivity index (χ0) is 14.7. The van der Waals surface area contributed by atoms with Crippen LogP contribution in [0.2, 0.25) is 5.02 Å². The molecule has 0 unspecified atom stereocenters. The number of methoxy groups -OCH3 is 1. The third-order valence-electron chi connectivity index (χ3n) is 2.77. The lowest BCUT2D eigenvalue weighted by molar-refractivity contribution is -0.137. The Kier molecular flexibility index (Phi) is 4.26. The fourth-order valence-electron chi connectivity index (χ4n) is 1.82. The third kappa shape index (κ3) is 2.76. The fraction of sp³-hybridized carbons (Fsp3) is 0.231. The molecule has 0 radical (unpaired) electrons. The average Bonchev–Trinajstić information content (AvgIpc) is 2.69. The standard InChI is InChI=1S/C13H13ClN2O4/c1-20-11-6-8(14)2-3-9(11)15-10-7-12(18)16(4-5-17)13(10)19/h2-3,6-7,15,17H,4-5H2,1H3. The molecule has 1 aromatic carbocycles. The summed E-state index contributed by atoms with van der Waals surface area (Å²) in [6.07, 6.45) is 1.19. The molecule has 2 rings (SSSR count). The van der Waals surface area contributed by atoms with Crippen molar-refractivity contribution in [1.29, 1.82) is 0 Å². The zero-order valence-electron chi connectivity index (χ0n) is 10.7. The lowest BCUT2D eigenvalue weighted by Gasteiger charge is -2.14. The lowest BCUT2D eigenvalue weighted by atomic mass is 10.2. The van der Waals surface area contributed by atoms with E-state index in [2.05, 4.69) is 5.32 Å². The highest BCUT2D eigenvalue weighted by Crippen LogP contribution is 2.29. The van der Waals surface area contributed by atoms with E-state index in [4.69, 9.17) is 21.4 Å². The molecule has 1 aliphatic rings. The number of nitrogens with one attached hydrogen (secondary N) is 1. The summed E-state index contributed by atoms with van der Waals surface area (Å²) in [7, 11) is 1.48. The van der Waals surface area contributed by atoms with Gasteiger partial charge in [-0.15, -0.1) is 0 Å². The number of aliphatic hydroxyl groups is 1. The Bertz CT molecular complexity index is 586. The molecular formula is C13H13ClN2O4. The Morgan fingerprint density at radius 1 is 1.40 bits per heavy atom. The highest BCUT2D eigenvalue weighted by molar-refractivity contribution is 6.30. The minimum absolute atomic E-state index is 0.0307. The van der Waals surface area contributed by atoms with Crippen LogP contribution in [0, 0.1) is 0 Å². The quantitative estimate of drug-likeness (QED) is 0.793. The molecule has 0 saturated carbocycles. The first-order valence-corrected chi connectivity index (χ1v) is 6.23. The summed E-state index contributed by atoms with van der Waals surface area (Å²) < 4.78 is 5.15. The molecule has 0 aliphatic carbocycles. The predicted molar refractivity (Wildman–Crippen MR) is 73.5 cm³/mol. The van der Waals surface area contributed by atoms with Gasteiger partial charge in [0, 0.05) is 17.2 Å². The van der Waals surface area contributed by atoms with Crippen LogP contribution in [0.4, 0.5) is 5.69 Å². The number of amides is 2. The molecule has 1 aromatic rings. The molecule has 0 fully saturated rings. The summed E-state index contributed by atoms with van der Waals surface area (Å²) in [6.45, 7) is -0.306. The average molecular weight is 297 g/mol. The van der Waals surface area contributed by atoms with Crippen molar-refractivity contribution in [2.45, 2.75) is 0 Å². The number of rotatable bonds is 5. The van der Waals surface area contributed by atoms with Crippen molar-refractivity contribution in [3.05, 3.63) is 35.0 Å². The van der Waals surface area contributed by atoms with Crippen molar-refractivity contribution >= 4 is 29.1 Å². The molecule has 20 heavy (non-hydrogen) atoms. The first-order chi connectivity index (χ1) is 9.56. The van der Waals surface area contributed by atoms with Crippen LogP contribution < -0.4 is 10.1 Å². The van der Waals surface area contributed by atoms with Crippen molar-refractivity contribution in [3.8, 4) is 5.75 Å². The summed E-state index contributed by atoms with van der Waals surface area (Å²) in [5, 5.41) is 12.2. The number of carbonyl (C=O) groups is 2. The van der Waals surface area contributed by atoms with Crippen molar-refractivity contribution in [2.24, 2.45) is 0 Å². The highest BCUT2D eigenvalue weighted by Gasteiger charge is 2.30. The SMILES string of the molecule is COc1cc(Cl)ccc1NC1=CC(=O)N(CCO)C1=O. The van der Waals surface area contributed by atoms with Crippen LogP contribution in [-0.4, -0.2) is 42.1 Å². The van der Waals surface area contributed by atoms with Crippen LogP contribution >= 0.6 is 11.6 Å². The summed E-state index contributed by atoms with van der Waals surface area (Å²) in [6, 6.07) is 4.88. The maximum Gasteiger partial charge on any atom is 0.277 e. The van der Waals surface area contributed by atoms with E-state index in [1.807, 2.05) is 0 Å². The number of imide groups is 1. The number of benzene rings is 1. The predicted octanol–water partition coefficient (Wildman–Crippen LogP) is 1.01. The summed E-state index contributed by atoms with van der Waals surface area (Å²) in [5.74, 6) is -0.486. The second-order valence-electron chi connectivity index (χ2n) is 4.05. The van der Waals surface area contributed by atoms with Gasteiger partial charge in [-0.2, -0.15) is 0 Å². The van der Waals surface area contributed by atoms with E-state index < -0.39 is 11.8 Å². The second kappa shape index (κ2) is 5.94. The second-order valence-corrected chi connectivity index (χ2v) is 4.48. The number of hydrogen-bond donors (Lipinski definition) is 2. The van der Waals surface area contributed by atoms with Gasteiger partial charge in [-0.25, -0.2) is 0 Å². The number of aliphatic hydroxyl groups excluding tert-OH is 1. The van der Waals surface area contributed by atoms with E-state index in [1.165, 1.54) is 13.2 Å². The Balaban J connectivity index is 2.21. The number of ether oxygens (including phenoxy) is 1. The molecule has 1 heterocycles. The number of carbonyl (C=O) groups excluding carboxylic acids is 2. The van der Waals surface area contributed by atoms with E-state index >= 15 is 0 Å². The molecule has 0 spiro atoms. The summed E-state index contributed by atoms with van der Waals surface area (Å²) in [5.41, 5.74) is 0.652. The Labute approximate surface area is 120 Å². The molecular weight excluding hydrogens is 284 g/mol. The summed E-state index contributed by atoms with van der Waals surface area (Å²) in [4.78, 5) is 24.5. The van der Waals surface area contributed by atoms with Gasteiger partial charge < -0.3 is 15.2 Å². The molecule has 0 bridgehead atoms. The first kappa shape index (κ1) is 14.4. The topological polar surface area (TPSA) is 78.9 Å². The molecule has 2 N–H and O–H groups in total. The molecule has 0 aromatic heterocycles. The van der Waals surface area contributed by atoms with Crippen molar-refractivity contribution in [3.63, 3.8) is 0 Å². The van der Waals surface area contributed by atoms with Crippen molar-refractivity contribution < 1.29 is 19.4 Å². The lowest BCUT2D eigenvalue weighted by Crippen LogP contribution is -2.34. The fourth-order valence-corrected chi connectivity index (χ4v) is 1.99. The maximum atomic E-state index is 12.0. The Morgan fingerprint density at radius 3 is 2.80 bits per heavy atom. The van der Waals surface area contributed by atoms with E-state index in [0.29, 0.717) is 16.5 Å². The van der Waals surface area contributed by atoms with Crippen LogP contribution in [0.5, 0.6) is 5.75 Å². The van der Waals surface area contributed by atoms with Gasteiger partial charge >= 0.3 is 0 Å². The van der Waals surface area contributed by atoms with E-state index in [0.717, 1.165) is 4.90 Å². The third-order valence-corrected chi connectivity index (χ3v) is 3.00. The van der Waals surface area contributed by atoms with Gasteiger partial charge in [0.05, 0.1) is 25.9 Å². The van der Waals surface area contributed by atoms with Crippen LogP contribution in [0.3, 0.4) is 0 Å². The molecule has 6 nitrogen and oxygen atoms in total. The van der Waals surface area contributed by atoms with Gasteiger partial charge in [-0.3, -0.25) is 14.5 Å². The number of nitrogens with zero attached hydrogens (tertiary/aromatic N) is 1. The minimum Gasteiger partial charge on any atom is -0.495 e. The molecule has 0 atom stereocenters. The minimum atomic E-state index is -0.485. The van der Waals surface area contributed by atoms with Gasteiger partial charge in [0.1, 0.15) is 11.4 Å². The highest BCUT2D eigenvalue weighted by atomic mass is 35.5. The van der Waals surface area contributed by atoms with Crippen LogP contribution in [-0.2, 0) is 9.59 Å². The van der Waals surface area contributed by atoms with Gasteiger partial charge in [0.25, 0.3) is 11.8 Å². The van der Waals surface area contributed by atoms with Crippen molar-refractivity contribution in [2.75, 3.05) is 25.6 Å². The van der Waals surface area contributed by atoms with E-state index in [1.54, 1.807) is 18.2 Å². The van der Waals surface area contributed by atoms with Gasteiger partial charge in [0.2, 0.25) is 0 Å². The largest absolute Gasteiger partial charge is 0.495 e. The Morgan fingerprint density at radius 2 is 2.15 bits per heavy atom. The van der Waals surface area contributed by atoms with E-state index in [9.17, 15) is 9.59 Å². The Hall–Kier alpha value is -2.05. The molecule has 0 saturated heterocycles. The summed E-state index contributed by atoms with van der Waals surface area (Å²) >= 11 is 5.85. The van der Waals surface area contributed by atoms with Crippen LogP contribution in [0.25, 0.3) is 0 Å². The monoisotopic (exact) mass is 296 g/mol. The van der Waals surface area contributed by atoms with Gasteiger partial charge in [-0.05, 0) is 12.1 Å². The van der Waals surface area contributed by atoms with Gasteiger partial charge in [-0.1, -0.05) is 11.6 Å².